The van der Waals surface area contributed by atoms with Crippen LogP contribution in [0.4, 0.5) is 5.69 Å². The second-order valence-corrected chi connectivity index (χ2v) is 9.37. The molecule has 1 aromatic heterocycles. The van der Waals surface area contributed by atoms with Gasteiger partial charge in [-0.1, -0.05) is 12.1 Å². The van der Waals surface area contributed by atoms with E-state index in [1.54, 1.807) is 35.8 Å². The van der Waals surface area contributed by atoms with Crippen LogP contribution in [0.3, 0.4) is 0 Å². The number of para-hydroxylation sites is 1. The van der Waals surface area contributed by atoms with Crippen LogP contribution in [0.1, 0.15) is 16.9 Å². The van der Waals surface area contributed by atoms with Crippen LogP contribution in [0, 0.1) is 5.92 Å². The van der Waals surface area contributed by atoms with Gasteiger partial charge in [-0.25, -0.2) is 4.68 Å². The monoisotopic (exact) mass is 447 g/mol. The quantitative estimate of drug-likeness (QED) is 0.388. The molecule has 0 spiro atoms. The Hall–Kier alpha value is -2.15. The van der Waals surface area contributed by atoms with Crippen molar-refractivity contribution >= 4 is 46.6 Å². The molecule has 1 atom stereocenters. The van der Waals surface area contributed by atoms with E-state index in [-0.39, 0.29) is 11.8 Å². The lowest BCUT2D eigenvalue weighted by Gasteiger charge is -2.10. The minimum atomic E-state index is -0.598. The number of hydrogen-bond acceptors (Lipinski definition) is 4. The van der Waals surface area contributed by atoms with Gasteiger partial charge in [0.1, 0.15) is 10.1 Å². The Balaban J connectivity index is 1.44. The molecule has 1 saturated carbocycles. The van der Waals surface area contributed by atoms with Crippen LogP contribution in [0.5, 0.6) is 5.75 Å². The minimum Gasteiger partial charge on any atom is -0.497 e. The molecule has 0 bridgehead atoms. The molecule has 8 heteroatoms. The van der Waals surface area contributed by atoms with Crippen molar-refractivity contribution in [1.29, 1.82) is 0 Å². The Labute approximate surface area is 183 Å². The lowest BCUT2D eigenvalue weighted by Crippen LogP contribution is -2.14. The molecule has 1 aliphatic carbocycles. The van der Waals surface area contributed by atoms with E-state index >= 15 is 0 Å². The molecule has 2 aromatic carbocycles. The summed E-state index contributed by atoms with van der Waals surface area (Å²) in [4.78, 5) is 13.7. The normalized spacial score (nSPS) is 17.0. The predicted molar refractivity (Wildman–Crippen MR) is 118 cm³/mol. The van der Waals surface area contributed by atoms with E-state index in [4.69, 9.17) is 27.9 Å². The highest BCUT2D eigenvalue weighted by Gasteiger charge is 2.51. The zero-order valence-corrected chi connectivity index (χ0v) is 18.0. The number of halogens is 2. The Morgan fingerprint density at radius 2 is 1.97 bits per heavy atom. The van der Waals surface area contributed by atoms with Gasteiger partial charge in [0, 0.05) is 22.8 Å². The second-order valence-electron chi connectivity index (χ2n) is 6.77. The number of carbonyl (C=O) groups excluding carboxylic acids is 1. The number of methoxy groups -OCH3 is 1. The van der Waals surface area contributed by atoms with Gasteiger partial charge in [0.15, 0.2) is 5.69 Å². The van der Waals surface area contributed by atoms with Gasteiger partial charge >= 0.3 is 0 Å². The first-order chi connectivity index (χ1) is 14.0. The number of nitrogens with zero attached hydrogens (tertiary/aromatic N) is 2. The molecule has 0 radical (unpaired) electrons. The summed E-state index contributed by atoms with van der Waals surface area (Å²) < 4.78 is 6.22. The van der Waals surface area contributed by atoms with Gasteiger partial charge in [0.2, 0.25) is 0 Å². The third kappa shape index (κ3) is 4.71. The van der Waals surface area contributed by atoms with Crippen molar-refractivity contribution in [2.75, 3.05) is 18.2 Å². The highest BCUT2D eigenvalue weighted by molar-refractivity contribution is 7.99. The number of nitrogens with one attached hydrogen (secondary N) is 1. The van der Waals surface area contributed by atoms with Gasteiger partial charge in [-0.3, -0.25) is 4.79 Å². The van der Waals surface area contributed by atoms with Gasteiger partial charge < -0.3 is 10.1 Å². The zero-order chi connectivity index (χ0) is 20.4. The van der Waals surface area contributed by atoms with Gasteiger partial charge in [-0.2, -0.15) is 5.10 Å². The van der Waals surface area contributed by atoms with E-state index in [2.05, 4.69) is 10.4 Å². The molecule has 1 amide bonds. The Kier molecular flexibility index (Phi) is 5.76. The number of hydrogen-bond donors (Lipinski definition) is 1. The molecule has 3 aromatic rings. The number of alkyl halides is 2. The molecule has 1 fully saturated rings. The van der Waals surface area contributed by atoms with Gasteiger partial charge in [0.25, 0.3) is 5.91 Å². The van der Waals surface area contributed by atoms with Gasteiger partial charge in [-0.15, -0.1) is 35.0 Å². The van der Waals surface area contributed by atoms with E-state index in [0.717, 1.165) is 34.2 Å². The Bertz CT molecular complexity index is 1020. The average molecular weight is 448 g/mol. The molecule has 1 heterocycles. The molecule has 150 valence electrons. The molecule has 4 rings (SSSR count). The maximum absolute atomic E-state index is 12.7. The number of rotatable bonds is 7. The first kappa shape index (κ1) is 20.1. The van der Waals surface area contributed by atoms with Crippen LogP contribution in [-0.2, 0) is 0 Å². The number of thioether (sulfide) groups is 1. The number of ether oxygens (including phenoxy) is 1. The van der Waals surface area contributed by atoms with Crippen LogP contribution in [0.2, 0.25) is 0 Å². The van der Waals surface area contributed by atoms with Crippen LogP contribution >= 0.6 is 35.0 Å². The summed E-state index contributed by atoms with van der Waals surface area (Å²) >= 11 is 13.9. The fraction of sp³-hybridized carbons (Fsp3) is 0.238. The van der Waals surface area contributed by atoms with Crippen molar-refractivity contribution in [2.24, 2.45) is 5.92 Å². The summed E-state index contributed by atoms with van der Waals surface area (Å²) in [5.41, 5.74) is 1.93. The molecular formula is C21H19Cl2N3O2S. The third-order valence-corrected chi connectivity index (χ3v) is 6.85. The number of anilines is 1. The average Bonchev–Trinajstić information content (AvgIpc) is 3.11. The van der Waals surface area contributed by atoms with Gasteiger partial charge in [-0.05, 0) is 48.9 Å². The van der Waals surface area contributed by atoms with Crippen LogP contribution < -0.4 is 10.1 Å². The van der Waals surface area contributed by atoms with E-state index in [0.29, 0.717) is 5.69 Å². The first-order valence-corrected chi connectivity index (χ1v) is 10.8. The summed E-state index contributed by atoms with van der Waals surface area (Å²) in [6.45, 7) is 0. The van der Waals surface area contributed by atoms with E-state index in [9.17, 15) is 4.79 Å². The maximum Gasteiger partial charge on any atom is 0.276 e. The first-order valence-electron chi connectivity index (χ1n) is 9.07. The van der Waals surface area contributed by atoms with Crippen LogP contribution in [-0.4, -0.2) is 32.9 Å². The minimum absolute atomic E-state index is 0.263. The summed E-state index contributed by atoms with van der Waals surface area (Å²) in [6, 6.07) is 16.8. The van der Waals surface area contributed by atoms with Crippen molar-refractivity contribution < 1.29 is 9.53 Å². The fourth-order valence-electron chi connectivity index (χ4n) is 2.85. The number of aromatic nitrogens is 2. The molecule has 0 aliphatic heterocycles. The largest absolute Gasteiger partial charge is 0.497 e. The lowest BCUT2D eigenvalue weighted by molar-refractivity contribution is 0.102. The van der Waals surface area contributed by atoms with Crippen LogP contribution in [0.15, 0.2) is 65.7 Å². The predicted octanol–water partition coefficient (Wildman–Crippen LogP) is 5.42. The molecule has 0 unspecified atom stereocenters. The molecule has 1 aliphatic rings. The van der Waals surface area contributed by atoms with Crippen molar-refractivity contribution in [1.82, 2.24) is 9.78 Å². The highest BCUT2D eigenvalue weighted by Crippen LogP contribution is 2.55. The summed E-state index contributed by atoms with van der Waals surface area (Å²) in [5.74, 6) is 1.59. The molecular weight excluding hydrogens is 429 g/mol. The zero-order valence-electron chi connectivity index (χ0n) is 15.6. The van der Waals surface area contributed by atoms with E-state index in [1.807, 2.05) is 48.5 Å². The molecule has 0 saturated heterocycles. The van der Waals surface area contributed by atoms with Crippen molar-refractivity contribution in [3.05, 3.63) is 66.5 Å². The standard InChI is InChI=1S/C21H19Cl2N3O2S/c1-28-16-8-6-15(7-9-16)26-11-10-18(25-26)20(27)24-17-4-2-3-5-19(17)29-13-14-12-21(14,22)23/h2-11,14H,12-13H2,1H3,(H,24,27)/t14-/m1/s1. The number of carbonyl (C=O) groups is 1. The fourth-order valence-corrected chi connectivity index (χ4v) is 4.79. The summed E-state index contributed by atoms with van der Waals surface area (Å²) in [5, 5.41) is 7.34. The lowest BCUT2D eigenvalue weighted by atomic mass is 10.3. The van der Waals surface area contributed by atoms with Gasteiger partial charge in [0.05, 0.1) is 18.5 Å². The summed E-state index contributed by atoms with van der Waals surface area (Å²) in [6.07, 6.45) is 2.56. The van der Waals surface area contributed by atoms with Crippen molar-refractivity contribution in [3.63, 3.8) is 0 Å². The molecule has 5 nitrogen and oxygen atoms in total. The van der Waals surface area contributed by atoms with Crippen molar-refractivity contribution in [2.45, 2.75) is 15.6 Å². The SMILES string of the molecule is COc1ccc(-n2ccc(C(=O)Nc3ccccc3SC[C@H]3CC3(Cl)Cl)n2)cc1. The maximum atomic E-state index is 12.7. The van der Waals surface area contributed by atoms with E-state index in [1.165, 1.54) is 0 Å². The number of benzene rings is 2. The number of amides is 1. The molecule has 29 heavy (non-hydrogen) atoms. The van der Waals surface area contributed by atoms with E-state index < -0.39 is 4.33 Å². The highest BCUT2D eigenvalue weighted by atomic mass is 35.5. The second kappa shape index (κ2) is 8.30. The summed E-state index contributed by atoms with van der Waals surface area (Å²) in [7, 11) is 1.62. The Morgan fingerprint density at radius 1 is 1.24 bits per heavy atom. The van der Waals surface area contributed by atoms with Crippen molar-refractivity contribution in [3.8, 4) is 11.4 Å². The molecule has 1 N–H and O–H groups in total. The smallest absolute Gasteiger partial charge is 0.276 e. The van der Waals surface area contributed by atoms with Crippen LogP contribution in [0.25, 0.3) is 5.69 Å². The third-order valence-electron chi connectivity index (χ3n) is 4.69. The Morgan fingerprint density at radius 3 is 2.66 bits per heavy atom. The topological polar surface area (TPSA) is 56.1 Å².